The molecule has 1 aromatic carbocycles. The van der Waals surface area contributed by atoms with E-state index >= 15 is 0 Å². The van der Waals surface area contributed by atoms with Crippen LogP contribution in [-0.2, 0) is 0 Å². The molecule has 0 aliphatic heterocycles. The van der Waals surface area contributed by atoms with E-state index in [1.54, 1.807) is 19.2 Å². The Morgan fingerprint density at radius 3 is 2.88 bits per heavy atom. The predicted octanol–water partition coefficient (Wildman–Crippen LogP) is 1.61. The highest BCUT2D eigenvalue weighted by molar-refractivity contribution is 5.59. The smallest absolute Gasteiger partial charge is 0.143 e. The molecule has 0 aliphatic carbocycles. The van der Waals surface area contributed by atoms with Gasteiger partial charge >= 0.3 is 0 Å². The Hall–Kier alpha value is -1.73. The first-order valence-corrected chi connectivity index (χ1v) is 5.14. The van der Waals surface area contributed by atoms with Gasteiger partial charge in [0.05, 0.1) is 24.4 Å². The second-order valence-corrected chi connectivity index (χ2v) is 3.70. The van der Waals surface area contributed by atoms with Crippen molar-refractivity contribution in [2.24, 2.45) is 5.92 Å². The normalized spacial score (nSPS) is 11.6. The number of rotatable bonds is 5. The van der Waals surface area contributed by atoms with Crippen molar-refractivity contribution in [2.45, 2.75) is 6.92 Å². The van der Waals surface area contributed by atoms with Crippen LogP contribution in [0.25, 0.3) is 0 Å². The summed E-state index contributed by atoms with van der Waals surface area (Å²) < 4.78 is 5.18. The fourth-order valence-electron chi connectivity index (χ4n) is 1.26. The van der Waals surface area contributed by atoms with E-state index in [1.165, 1.54) is 0 Å². The summed E-state index contributed by atoms with van der Waals surface area (Å²) in [4.78, 5) is 0. The van der Waals surface area contributed by atoms with Crippen LogP contribution in [0.5, 0.6) is 5.75 Å². The van der Waals surface area contributed by atoms with Crippen molar-refractivity contribution < 1.29 is 9.84 Å². The third kappa shape index (κ3) is 3.14. The van der Waals surface area contributed by atoms with E-state index in [4.69, 9.17) is 15.1 Å². The Balaban J connectivity index is 2.76. The van der Waals surface area contributed by atoms with E-state index in [1.807, 2.05) is 13.0 Å². The number of hydrogen-bond acceptors (Lipinski definition) is 4. The van der Waals surface area contributed by atoms with Gasteiger partial charge < -0.3 is 15.2 Å². The fraction of sp³-hybridized carbons (Fsp3) is 0.417. The van der Waals surface area contributed by atoms with E-state index in [9.17, 15) is 0 Å². The summed E-state index contributed by atoms with van der Waals surface area (Å²) in [5, 5.41) is 20.8. The Morgan fingerprint density at radius 2 is 2.31 bits per heavy atom. The van der Waals surface area contributed by atoms with Crippen LogP contribution in [-0.4, -0.2) is 25.4 Å². The molecule has 0 saturated heterocycles. The lowest BCUT2D eigenvalue weighted by molar-refractivity contribution is 0.244. The summed E-state index contributed by atoms with van der Waals surface area (Å²) in [5.74, 6) is 0.824. The van der Waals surface area contributed by atoms with Gasteiger partial charge in [0, 0.05) is 19.2 Å². The molecular weight excluding hydrogens is 204 g/mol. The molecule has 1 unspecified atom stereocenters. The number of aliphatic hydroxyl groups is 1. The topological polar surface area (TPSA) is 65.3 Å². The maximum atomic E-state index is 8.91. The van der Waals surface area contributed by atoms with Gasteiger partial charge in [-0.05, 0) is 18.1 Å². The van der Waals surface area contributed by atoms with Gasteiger partial charge in [-0.2, -0.15) is 5.26 Å². The monoisotopic (exact) mass is 220 g/mol. The van der Waals surface area contributed by atoms with Crippen LogP contribution in [0, 0.1) is 17.2 Å². The number of nitrogens with zero attached hydrogens (tertiary/aromatic N) is 1. The highest BCUT2D eigenvalue weighted by Crippen LogP contribution is 2.25. The molecule has 4 nitrogen and oxygen atoms in total. The van der Waals surface area contributed by atoms with Crippen LogP contribution in [0.15, 0.2) is 18.2 Å². The van der Waals surface area contributed by atoms with Crippen LogP contribution < -0.4 is 10.1 Å². The molecule has 1 rings (SSSR count). The van der Waals surface area contributed by atoms with E-state index in [2.05, 4.69) is 11.4 Å². The van der Waals surface area contributed by atoms with Gasteiger partial charge in [-0.15, -0.1) is 0 Å². The average Bonchev–Trinajstić information content (AvgIpc) is 2.35. The number of methoxy groups -OCH3 is 1. The van der Waals surface area contributed by atoms with Gasteiger partial charge in [0.15, 0.2) is 0 Å². The summed E-state index contributed by atoms with van der Waals surface area (Å²) in [6, 6.07) is 7.28. The Labute approximate surface area is 95.5 Å². The lowest BCUT2D eigenvalue weighted by atomic mass is 10.1. The maximum absolute atomic E-state index is 8.91. The first-order chi connectivity index (χ1) is 7.71. The number of anilines is 1. The third-order valence-corrected chi connectivity index (χ3v) is 2.28. The number of ether oxygens (including phenoxy) is 1. The summed E-state index contributed by atoms with van der Waals surface area (Å²) in [5.41, 5.74) is 1.40. The number of aliphatic hydroxyl groups excluding tert-OH is 1. The van der Waals surface area contributed by atoms with Crippen molar-refractivity contribution in [3.8, 4) is 11.8 Å². The van der Waals surface area contributed by atoms with Crippen LogP contribution in [0.1, 0.15) is 12.5 Å². The second kappa shape index (κ2) is 5.99. The lowest BCUT2D eigenvalue weighted by Crippen LogP contribution is -2.14. The van der Waals surface area contributed by atoms with Crippen molar-refractivity contribution in [3.05, 3.63) is 23.8 Å². The molecule has 0 bridgehead atoms. The first kappa shape index (κ1) is 12.3. The summed E-state index contributed by atoms with van der Waals surface area (Å²) in [6.45, 7) is 2.76. The second-order valence-electron chi connectivity index (χ2n) is 3.70. The third-order valence-electron chi connectivity index (χ3n) is 2.28. The summed E-state index contributed by atoms with van der Waals surface area (Å²) >= 11 is 0. The summed E-state index contributed by atoms with van der Waals surface area (Å²) in [6.07, 6.45) is 0. The Bertz CT molecular complexity index is 385. The predicted molar refractivity (Wildman–Crippen MR) is 62.4 cm³/mol. The van der Waals surface area contributed by atoms with Gasteiger partial charge in [0.25, 0.3) is 0 Å². The number of nitriles is 1. The minimum Gasteiger partial charge on any atom is -0.495 e. The quantitative estimate of drug-likeness (QED) is 0.791. The zero-order valence-corrected chi connectivity index (χ0v) is 9.53. The zero-order valence-electron chi connectivity index (χ0n) is 9.53. The molecule has 1 atom stereocenters. The minimum atomic E-state index is 0.144. The fourth-order valence-corrected chi connectivity index (χ4v) is 1.26. The highest BCUT2D eigenvalue weighted by atomic mass is 16.5. The van der Waals surface area contributed by atoms with Gasteiger partial charge in [0.2, 0.25) is 0 Å². The molecule has 0 spiro atoms. The Morgan fingerprint density at radius 1 is 1.56 bits per heavy atom. The van der Waals surface area contributed by atoms with Crippen molar-refractivity contribution in [3.63, 3.8) is 0 Å². The van der Waals surface area contributed by atoms with Gasteiger partial charge in [-0.3, -0.25) is 0 Å². The van der Waals surface area contributed by atoms with E-state index in [-0.39, 0.29) is 12.5 Å². The molecular formula is C12H16N2O2. The molecule has 86 valence electrons. The molecule has 4 heteroatoms. The molecule has 0 aliphatic rings. The minimum absolute atomic E-state index is 0.144. The van der Waals surface area contributed by atoms with Gasteiger partial charge in [-0.1, -0.05) is 6.92 Å². The number of benzene rings is 1. The van der Waals surface area contributed by atoms with Crippen molar-refractivity contribution in [2.75, 3.05) is 25.6 Å². The molecule has 16 heavy (non-hydrogen) atoms. The van der Waals surface area contributed by atoms with Crippen molar-refractivity contribution in [1.29, 1.82) is 5.26 Å². The van der Waals surface area contributed by atoms with E-state index < -0.39 is 0 Å². The van der Waals surface area contributed by atoms with Crippen LogP contribution >= 0.6 is 0 Å². The van der Waals surface area contributed by atoms with E-state index in [0.29, 0.717) is 17.9 Å². The molecule has 0 saturated carbocycles. The SMILES string of the molecule is COc1cc(C#N)ccc1NCC(C)CO. The van der Waals surface area contributed by atoms with Crippen molar-refractivity contribution in [1.82, 2.24) is 0 Å². The van der Waals surface area contributed by atoms with E-state index in [0.717, 1.165) is 5.69 Å². The van der Waals surface area contributed by atoms with Gasteiger partial charge in [0.1, 0.15) is 5.75 Å². The highest BCUT2D eigenvalue weighted by Gasteiger charge is 2.05. The van der Waals surface area contributed by atoms with Crippen molar-refractivity contribution >= 4 is 5.69 Å². The molecule has 1 aromatic rings. The molecule has 0 amide bonds. The Kier molecular flexibility index (Phi) is 4.62. The van der Waals surface area contributed by atoms with Crippen LogP contribution in [0.3, 0.4) is 0 Å². The standard InChI is InChI=1S/C12H16N2O2/c1-9(8-15)7-14-11-4-3-10(6-13)5-12(11)16-2/h3-5,9,14-15H,7-8H2,1-2H3. The van der Waals surface area contributed by atoms with Crippen LogP contribution in [0.2, 0.25) is 0 Å². The lowest BCUT2D eigenvalue weighted by Gasteiger charge is -2.13. The zero-order chi connectivity index (χ0) is 12.0. The molecule has 0 radical (unpaired) electrons. The molecule has 2 N–H and O–H groups in total. The summed E-state index contributed by atoms with van der Waals surface area (Å²) in [7, 11) is 1.57. The van der Waals surface area contributed by atoms with Crippen LogP contribution in [0.4, 0.5) is 5.69 Å². The molecule has 0 aromatic heterocycles. The maximum Gasteiger partial charge on any atom is 0.143 e. The number of hydrogen-bond donors (Lipinski definition) is 2. The number of nitrogens with one attached hydrogen (secondary N) is 1. The molecule has 0 fully saturated rings. The molecule has 0 heterocycles. The first-order valence-electron chi connectivity index (χ1n) is 5.14. The average molecular weight is 220 g/mol. The largest absolute Gasteiger partial charge is 0.495 e. The van der Waals surface area contributed by atoms with Gasteiger partial charge in [-0.25, -0.2) is 0 Å².